The fourth-order valence-electron chi connectivity index (χ4n) is 3.97. The first-order chi connectivity index (χ1) is 14.8. The van der Waals surface area contributed by atoms with Crippen LogP contribution in [0.15, 0.2) is 73.1 Å². The molecule has 0 radical (unpaired) electrons. The van der Waals surface area contributed by atoms with Gasteiger partial charge in [-0.25, -0.2) is 9.97 Å². The predicted octanol–water partition coefficient (Wildman–Crippen LogP) is 5.39. The van der Waals surface area contributed by atoms with Crippen LogP contribution in [0.1, 0.15) is 11.5 Å². The first-order valence-corrected chi connectivity index (χ1v) is 9.81. The van der Waals surface area contributed by atoms with Crippen LogP contribution in [0.25, 0.3) is 55.9 Å². The Morgan fingerprint density at radius 3 is 2.43 bits per heavy atom. The Hall–Kier alpha value is -4.12. The molecule has 0 amide bonds. The van der Waals surface area contributed by atoms with E-state index in [1.807, 2.05) is 55.9 Å². The van der Waals surface area contributed by atoms with Crippen LogP contribution < -0.4 is 0 Å². The van der Waals surface area contributed by atoms with Crippen molar-refractivity contribution in [2.45, 2.75) is 0 Å². The molecule has 0 aliphatic rings. The summed E-state index contributed by atoms with van der Waals surface area (Å²) in [6.45, 7) is 0. The smallest absolute Gasteiger partial charge is 0.133 e. The molecule has 30 heavy (non-hydrogen) atoms. The number of hydrogen-bond donors (Lipinski definition) is 0. The zero-order valence-corrected chi connectivity index (χ0v) is 16.3. The number of rotatable bonds is 2. The van der Waals surface area contributed by atoms with E-state index < -0.39 is 0 Å². The molecular formula is C25H17N5. The largest absolute Gasteiger partial charge is 0.328 e. The van der Waals surface area contributed by atoms with E-state index in [-0.39, 0.29) is 0 Å². The summed E-state index contributed by atoms with van der Waals surface area (Å²) in [6.07, 6.45) is 7.63. The Labute approximate surface area is 172 Å². The summed E-state index contributed by atoms with van der Waals surface area (Å²) < 4.78 is 2.09. The van der Waals surface area contributed by atoms with Crippen molar-refractivity contribution in [3.8, 4) is 0 Å². The van der Waals surface area contributed by atoms with Crippen molar-refractivity contribution in [1.82, 2.24) is 24.5 Å². The van der Waals surface area contributed by atoms with Crippen LogP contribution in [-0.2, 0) is 7.05 Å². The topological polar surface area (TPSA) is 56.5 Å². The van der Waals surface area contributed by atoms with Crippen LogP contribution in [0.5, 0.6) is 0 Å². The van der Waals surface area contributed by atoms with Gasteiger partial charge in [-0.3, -0.25) is 9.97 Å². The Kier molecular flexibility index (Phi) is 3.62. The third-order valence-electron chi connectivity index (χ3n) is 5.52. The van der Waals surface area contributed by atoms with Crippen LogP contribution >= 0.6 is 0 Å². The third kappa shape index (κ3) is 2.56. The molecule has 4 heterocycles. The van der Waals surface area contributed by atoms with E-state index in [0.29, 0.717) is 0 Å². The number of imidazole rings is 1. The van der Waals surface area contributed by atoms with Gasteiger partial charge in [0.05, 0.1) is 33.3 Å². The molecule has 0 unspecified atom stereocenters. The second-order valence-corrected chi connectivity index (χ2v) is 7.31. The molecule has 0 saturated heterocycles. The molecule has 0 aliphatic carbocycles. The van der Waals surface area contributed by atoms with Gasteiger partial charge in [0, 0.05) is 35.6 Å². The van der Waals surface area contributed by atoms with Gasteiger partial charge in [-0.05, 0) is 48.6 Å². The van der Waals surface area contributed by atoms with Gasteiger partial charge < -0.3 is 4.57 Å². The van der Waals surface area contributed by atoms with Crippen LogP contribution in [0.4, 0.5) is 0 Å². The highest BCUT2D eigenvalue weighted by Crippen LogP contribution is 2.25. The second-order valence-electron chi connectivity index (χ2n) is 7.31. The number of aryl methyl sites for hydroxylation is 1. The molecule has 0 saturated carbocycles. The van der Waals surface area contributed by atoms with Gasteiger partial charge in [0.2, 0.25) is 0 Å². The predicted molar refractivity (Wildman–Crippen MR) is 122 cm³/mol. The van der Waals surface area contributed by atoms with Crippen molar-refractivity contribution in [2.75, 3.05) is 0 Å². The molecule has 6 aromatic rings. The van der Waals surface area contributed by atoms with Gasteiger partial charge in [-0.15, -0.1) is 0 Å². The fraction of sp³-hybridized carbons (Fsp3) is 0.0400. The van der Waals surface area contributed by atoms with E-state index >= 15 is 0 Å². The van der Waals surface area contributed by atoms with Gasteiger partial charge in [0.25, 0.3) is 0 Å². The first-order valence-electron chi connectivity index (χ1n) is 9.81. The van der Waals surface area contributed by atoms with Crippen molar-refractivity contribution in [3.63, 3.8) is 0 Å². The van der Waals surface area contributed by atoms with Gasteiger partial charge >= 0.3 is 0 Å². The number of pyridine rings is 3. The molecule has 5 nitrogen and oxygen atoms in total. The lowest BCUT2D eigenvalue weighted by Gasteiger charge is -2.03. The average molecular weight is 387 g/mol. The Balaban J connectivity index is 1.47. The van der Waals surface area contributed by atoms with E-state index in [1.54, 1.807) is 0 Å². The normalized spacial score (nSPS) is 12.0. The summed E-state index contributed by atoms with van der Waals surface area (Å²) in [4.78, 5) is 18.7. The minimum atomic E-state index is 0.874. The molecule has 5 heteroatoms. The average Bonchev–Trinajstić information content (AvgIpc) is 3.13. The Morgan fingerprint density at radius 2 is 1.50 bits per heavy atom. The van der Waals surface area contributed by atoms with Crippen LogP contribution in [0.3, 0.4) is 0 Å². The van der Waals surface area contributed by atoms with E-state index in [0.717, 1.165) is 55.3 Å². The Morgan fingerprint density at radius 1 is 0.700 bits per heavy atom. The molecule has 0 spiro atoms. The summed E-state index contributed by atoms with van der Waals surface area (Å²) in [5, 5.41) is 3.24. The maximum atomic E-state index is 4.86. The van der Waals surface area contributed by atoms with Crippen molar-refractivity contribution >= 4 is 55.9 Å². The number of hydrogen-bond acceptors (Lipinski definition) is 4. The van der Waals surface area contributed by atoms with Crippen molar-refractivity contribution < 1.29 is 0 Å². The zero-order chi connectivity index (χ0) is 20.1. The molecule has 0 bridgehead atoms. The van der Waals surface area contributed by atoms with Crippen LogP contribution in [-0.4, -0.2) is 24.5 Å². The van der Waals surface area contributed by atoms with E-state index in [9.17, 15) is 0 Å². The summed E-state index contributed by atoms with van der Waals surface area (Å²) in [7, 11) is 2.03. The fourth-order valence-corrected chi connectivity index (χ4v) is 3.97. The quantitative estimate of drug-likeness (QED) is 0.374. The maximum absolute atomic E-state index is 4.86. The molecule has 0 atom stereocenters. The standard InChI is InChI=1S/C25H17N5/c1-30-21-12-11-20-19(5-3-14-26-20)25(21)29-22(30)13-10-18-9-8-17-7-6-16-4-2-15-27-23(16)24(17)28-18/h2-15H,1H3. The zero-order valence-electron chi connectivity index (χ0n) is 16.3. The van der Waals surface area contributed by atoms with Gasteiger partial charge in [0.15, 0.2) is 0 Å². The van der Waals surface area contributed by atoms with Gasteiger partial charge in [0.1, 0.15) is 5.82 Å². The minimum Gasteiger partial charge on any atom is -0.328 e. The summed E-state index contributed by atoms with van der Waals surface area (Å²) in [6, 6.07) is 20.4. The molecule has 142 valence electrons. The van der Waals surface area contributed by atoms with Crippen molar-refractivity contribution in [2.24, 2.45) is 7.05 Å². The van der Waals surface area contributed by atoms with Crippen molar-refractivity contribution in [3.05, 3.63) is 84.6 Å². The van der Waals surface area contributed by atoms with E-state index in [1.165, 1.54) is 0 Å². The lowest BCUT2D eigenvalue weighted by molar-refractivity contribution is 0.930. The van der Waals surface area contributed by atoms with Gasteiger partial charge in [-0.1, -0.05) is 24.3 Å². The van der Waals surface area contributed by atoms with Crippen molar-refractivity contribution in [1.29, 1.82) is 0 Å². The van der Waals surface area contributed by atoms with E-state index in [2.05, 4.69) is 50.9 Å². The summed E-state index contributed by atoms with van der Waals surface area (Å²) >= 11 is 0. The highest BCUT2D eigenvalue weighted by atomic mass is 15.1. The highest BCUT2D eigenvalue weighted by molar-refractivity contribution is 6.04. The lowest BCUT2D eigenvalue weighted by Crippen LogP contribution is -1.91. The number of nitrogens with zero attached hydrogens (tertiary/aromatic N) is 5. The maximum Gasteiger partial charge on any atom is 0.133 e. The lowest BCUT2D eigenvalue weighted by atomic mass is 10.1. The van der Waals surface area contributed by atoms with Gasteiger partial charge in [-0.2, -0.15) is 0 Å². The van der Waals surface area contributed by atoms with E-state index in [4.69, 9.17) is 9.97 Å². The monoisotopic (exact) mass is 387 g/mol. The minimum absolute atomic E-state index is 0.874. The summed E-state index contributed by atoms with van der Waals surface area (Å²) in [5.41, 5.74) is 5.71. The van der Waals surface area contributed by atoms with Crippen LogP contribution in [0, 0.1) is 0 Å². The number of fused-ring (bicyclic) bond motifs is 6. The third-order valence-corrected chi connectivity index (χ3v) is 5.52. The number of aromatic nitrogens is 5. The summed E-state index contributed by atoms with van der Waals surface area (Å²) in [5.74, 6) is 0.874. The first kappa shape index (κ1) is 16.8. The molecule has 6 rings (SSSR count). The molecule has 2 aromatic carbocycles. The second kappa shape index (κ2) is 6.46. The molecule has 0 aliphatic heterocycles. The van der Waals surface area contributed by atoms with Crippen LogP contribution in [0.2, 0.25) is 0 Å². The highest BCUT2D eigenvalue weighted by Gasteiger charge is 2.09. The molecular weight excluding hydrogens is 370 g/mol. The molecule has 0 fully saturated rings. The molecule has 4 aromatic heterocycles. The number of benzene rings is 2. The Bertz CT molecular complexity index is 1610. The SMILES string of the molecule is Cn1c(C=Cc2ccc3ccc4cccnc4c3n2)nc2c3cccnc3ccc21. The molecule has 0 N–H and O–H groups in total.